The predicted molar refractivity (Wildman–Crippen MR) is 82.5 cm³/mol. The normalized spacial score (nSPS) is 18.8. The molecule has 3 N–H and O–H groups in total. The molecule has 1 aromatic rings. The van der Waals surface area contributed by atoms with Crippen LogP contribution in [0.4, 0.5) is 0 Å². The van der Waals surface area contributed by atoms with E-state index in [1.54, 1.807) is 7.05 Å². The average Bonchev–Trinajstić information content (AvgIpc) is 2.81. The van der Waals surface area contributed by atoms with E-state index in [0.29, 0.717) is 18.7 Å². The number of hydrogen-bond donors (Lipinski definition) is 3. The maximum Gasteiger partial charge on any atom is 0.260 e. The molecule has 1 fully saturated rings. The largest absolute Gasteiger partial charge is 0.316 e. The molecule has 0 amide bonds. The van der Waals surface area contributed by atoms with Gasteiger partial charge >= 0.3 is 0 Å². The van der Waals surface area contributed by atoms with Crippen LogP contribution in [0.2, 0.25) is 0 Å². The van der Waals surface area contributed by atoms with Crippen LogP contribution in [0.25, 0.3) is 0 Å². The first-order valence-electron chi connectivity index (χ1n) is 7.56. The first kappa shape index (κ1) is 16.5. The fourth-order valence-electron chi connectivity index (χ4n) is 2.96. The van der Waals surface area contributed by atoms with Gasteiger partial charge in [0.2, 0.25) is 0 Å². The SMILES string of the molecule is CNCc1c(S(=O)(=O)NCC2(C)CCCCC2)n[nH]c1C. The highest BCUT2D eigenvalue weighted by Gasteiger charge is 2.30. The number of H-pyrrole nitrogens is 1. The first-order valence-corrected chi connectivity index (χ1v) is 9.04. The van der Waals surface area contributed by atoms with Crippen LogP contribution >= 0.6 is 0 Å². The maximum absolute atomic E-state index is 12.5. The third-order valence-corrected chi connectivity index (χ3v) is 5.76. The van der Waals surface area contributed by atoms with Crippen LogP contribution in [-0.4, -0.2) is 32.2 Å². The molecule has 1 aliphatic rings. The lowest BCUT2D eigenvalue weighted by atomic mass is 9.76. The van der Waals surface area contributed by atoms with Crippen molar-refractivity contribution in [3.8, 4) is 0 Å². The molecule has 1 aliphatic carbocycles. The van der Waals surface area contributed by atoms with Crippen molar-refractivity contribution in [2.45, 2.75) is 57.5 Å². The second-order valence-electron chi connectivity index (χ2n) is 6.36. The molecule has 21 heavy (non-hydrogen) atoms. The molecular formula is C14H26N4O2S. The minimum atomic E-state index is -3.56. The van der Waals surface area contributed by atoms with E-state index >= 15 is 0 Å². The van der Waals surface area contributed by atoms with E-state index in [9.17, 15) is 8.42 Å². The van der Waals surface area contributed by atoms with Crippen molar-refractivity contribution in [2.24, 2.45) is 5.41 Å². The van der Waals surface area contributed by atoms with Crippen LogP contribution in [0.5, 0.6) is 0 Å². The summed E-state index contributed by atoms with van der Waals surface area (Å²) in [5, 5.41) is 9.85. The number of aryl methyl sites for hydroxylation is 1. The van der Waals surface area contributed by atoms with E-state index < -0.39 is 10.0 Å². The van der Waals surface area contributed by atoms with Crippen molar-refractivity contribution in [1.29, 1.82) is 0 Å². The topological polar surface area (TPSA) is 86.9 Å². The van der Waals surface area contributed by atoms with E-state index in [0.717, 1.165) is 18.5 Å². The van der Waals surface area contributed by atoms with Gasteiger partial charge in [0.1, 0.15) is 0 Å². The Kier molecular flexibility index (Phi) is 5.06. The molecule has 0 aromatic carbocycles. The van der Waals surface area contributed by atoms with Crippen molar-refractivity contribution >= 4 is 10.0 Å². The highest BCUT2D eigenvalue weighted by molar-refractivity contribution is 7.89. The average molecular weight is 314 g/mol. The smallest absolute Gasteiger partial charge is 0.260 e. The third kappa shape index (κ3) is 3.84. The van der Waals surface area contributed by atoms with Crippen molar-refractivity contribution in [2.75, 3.05) is 13.6 Å². The Labute approximate surface area is 127 Å². The fraction of sp³-hybridized carbons (Fsp3) is 0.786. The maximum atomic E-state index is 12.5. The zero-order valence-electron chi connectivity index (χ0n) is 13.1. The van der Waals surface area contributed by atoms with Crippen LogP contribution in [0.3, 0.4) is 0 Å². The Bertz CT molecular complexity index is 574. The minimum absolute atomic E-state index is 0.0693. The zero-order chi connectivity index (χ0) is 15.5. The summed E-state index contributed by atoms with van der Waals surface area (Å²) in [6.07, 6.45) is 5.79. The zero-order valence-corrected chi connectivity index (χ0v) is 13.9. The molecule has 7 heteroatoms. The van der Waals surface area contributed by atoms with Crippen LogP contribution < -0.4 is 10.0 Å². The minimum Gasteiger partial charge on any atom is -0.316 e. The number of rotatable bonds is 6. The van der Waals surface area contributed by atoms with Gasteiger partial charge in [-0.15, -0.1) is 0 Å². The Hall–Kier alpha value is -0.920. The molecule has 6 nitrogen and oxygen atoms in total. The molecule has 1 saturated carbocycles. The summed E-state index contributed by atoms with van der Waals surface area (Å²) in [5.74, 6) is 0. The third-order valence-electron chi connectivity index (χ3n) is 4.39. The lowest BCUT2D eigenvalue weighted by molar-refractivity contribution is 0.219. The number of nitrogens with zero attached hydrogens (tertiary/aromatic N) is 1. The van der Waals surface area contributed by atoms with Crippen LogP contribution in [0.15, 0.2) is 5.03 Å². The van der Waals surface area contributed by atoms with Crippen LogP contribution in [-0.2, 0) is 16.6 Å². The van der Waals surface area contributed by atoms with Crippen LogP contribution in [0.1, 0.15) is 50.3 Å². The Balaban J connectivity index is 2.11. The van der Waals surface area contributed by atoms with Gasteiger partial charge in [-0.05, 0) is 32.2 Å². The molecule has 1 aromatic heterocycles. The van der Waals surface area contributed by atoms with Gasteiger partial charge in [0, 0.05) is 24.3 Å². The summed E-state index contributed by atoms with van der Waals surface area (Å²) >= 11 is 0. The number of aromatic amines is 1. The Morgan fingerprint density at radius 2 is 1.95 bits per heavy atom. The summed E-state index contributed by atoms with van der Waals surface area (Å²) in [4.78, 5) is 0. The van der Waals surface area contributed by atoms with Gasteiger partial charge in [0.15, 0.2) is 5.03 Å². The van der Waals surface area contributed by atoms with E-state index in [2.05, 4.69) is 27.2 Å². The predicted octanol–water partition coefficient (Wildman–Crippen LogP) is 1.69. The van der Waals surface area contributed by atoms with E-state index in [1.807, 2.05) is 6.92 Å². The van der Waals surface area contributed by atoms with E-state index in [-0.39, 0.29) is 10.4 Å². The number of sulfonamides is 1. The van der Waals surface area contributed by atoms with Crippen molar-refractivity contribution in [3.05, 3.63) is 11.3 Å². The molecule has 1 heterocycles. The molecular weight excluding hydrogens is 288 g/mol. The summed E-state index contributed by atoms with van der Waals surface area (Å²) in [5.41, 5.74) is 1.56. The summed E-state index contributed by atoms with van der Waals surface area (Å²) < 4.78 is 27.8. The number of aromatic nitrogens is 2. The lowest BCUT2D eigenvalue weighted by Crippen LogP contribution is -2.37. The summed E-state index contributed by atoms with van der Waals surface area (Å²) in [6, 6.07) is 0. The van der Waals surface area contributed by atoms with Crippen molar-refractivity contribution < 1.29 is 8.42 Å². The van der Waals surface area contributed by atoms with Gasteiger partial charge in [0.05, 0.1) is 0 Å². The van der Waals surface area contributed by atoms with Gasteiger partial charge in [-0.2, -0.15) is 5.10 Å². The Morgan fingerprint density at radius 3 is 2.57 bits per heavy atom. The van der Waals surface area contributed by atoms with Crippen LogP contribution in [0, 0.1) is 12.3 Å². The number of nitrogens with one attached hydrogen (secondary N) is 3. The van der Waals surface area contributed by atoms with Gasteiger partial charge in [-0.3, -0.25) is 5.10 Å². The van der Waals surface area contributed by atoms with Gasteiger partial charge in [-0.1, -0.05) is 26.2 Å². The lowest BCUT2D eigenvalue weighted by Gasteiger charge is -2.33. The molecule has 0 unspecified atom stereocenters. The second-order valence-corrected chi connectivity index (χ2v) is 8.04. The first-order chi connectivity index (χ1) is 9.88. The molecule has 120 valence electrons. The molecule has 2 rings (SSSR count). The molecule has 0 atom stereocenters. The van der Waals surface area contributed by atoms with Crippen molar-refractivity contribution in [1.82, 2.24) is 20.2 Å². The van der Waals surface area contributed by atoms with E-state index in [1.165, 1.54) is 19.3 Å². The second kappa shape index (κ2) is 6.46. The molecule has 0 radical (unpaired) electrons. The molecule has 0 aliphatic heterocycles. The Morgan fingerprint density at radius 1 is 1.29 bits per heavy atom. The molecule has 0 bridgehead atoms. The highest BCUT2D eigenvalue weighted by atomic mass is 32.2. The quantitative estimate of drug-likeness (QED) is 0.745. The summed E-state index contributed by atoms with van der Waals surface area (Å²) in [7, 11) is -1.77. The van der Waals surface area contributed by atoms with Crippen molar-refractivity contribution in [3.63, 3.8) is 0 Å². The van der Waals surface area contributed by atoms with E-state index in [4.69, 9.17) is 0 Å². The molecule has 0 saturated heterocycles. The number of hydrogen-bond acceptors (Lipinski definition) is 4. The standard InChI is InChI=1S/C14H26N4O2S/c1-11-12(9-15-3)13(18-17-11)21(19,20)16-10-14(2)7-5-4-6-8-14/h15-16H,4-10H2,1-3H3,(H,17,18). The fourth-order valence-corrected chi connectivity index (χ4v) is 4.35. The van der Waals surface area contributed by atoms with Gasteiger partial charge in [0.25, 0.3) is 10.0 Å². The highest BCUT2D eigenvalue weighted by Crippen LogP contribution is 2.35. The monoisotopic (exact) mass is 314 g/mol. The van der Waals surface area contributed by atoms with Gasteiger partial charge in [-0.25, -0.2) is 13.1 Å². The molecule has 0 spiro atoms. The summed E-state index contributed by atoms with van der Waals surface area (Å²) in [6.45, 7) is 4.97. The van der Waals surface area contributed by atoms with Gasteiger partial charge < -0.3 is 5.32 Å².